The normalized spacial score (nSPS) is 11.4. The Balaban J connectivity index is 1.73. The smallest absolute Gasteiger partial charge is 0.467 e. The van der Waals surface area contributed by atoms with Crippen LogP contribution in [0.3, 0.4) is 0 Å². The Morgan fingerprint density at radius 3 is 2.48 bits per heavy atom. The van der Waals surface area contributed by atoms with Gasteiger partial charge in [-0.2, -0.15) is 0 Å². The molecule has 0 atom stereocenters. The molecule has 8 heteroatoms. The van der Waals surface area contributed by atoms with E-state index in [4.69, 9.17) is 4.42 Å². The highest BCUT2D eigenvalue weighted by atomic mass is 19.4. The molecule has 0 aliphatic heterocycles. The van der Waals surface area contributed by atoms with E-state index in [1.54, 1.807) is 18.4 Å². The zero-order valence-corrected chi connectivity index (χ0v) is 14.6. The number of rotatable bonds is 5. The number of ether oxygens (including phenoxy) is 1. The molecule has 2 heterocycles. The molecule has 3 aromatic rings. The molecule has 0 saturated heterocycles. The number of hydrogen-bond acceptors (Lipinski definition) is 3. The third kappa shape index (κ3) is 4.52. The van der Waals surface area contributed by atoms with E-state index in [9.17, 15) is 18.0 Å². The Morgan fingerprint density at radius 1 is 1.19 bits per heavy atom. The summed E-state index contributed by atoms with van der Waals surface area (Å²) >= 11 is 0. The van der Waals surface area contributed by atoms with E-state index in [-0.39, 0.29) is 11.7 Å². The third-order valence-corrected chi connectivity index (χ3v) is 4.06. The van der Waals surface area contributed by atoms with Gasteiger partial charge < -0.3 is 19.0 Å². The molecule has 1 amide bonds. The molecule has 2 aromatic heterocycles. The van der Waals surface area contributed by atoms with Crippen molar-refractivity contribution in [1.29, 1.82) is 0 Å². The first kappa shape index (κ1) is 18.6. The number of aromatic nitrogens is 1. The molecular formula is C19H17F3N2O3. The predicted molar refractivity (Wildman–Crippen MR) is 92.8 cm³/mol. The summed E-state index contributed by atoms with van der Waals surface area (Å²) in [5.41, 5.74) is 2.50. The zero-order chi connectivity index (χ0) is 19.6. The zero-order valence-electron chi connectivity index (χ0n) is 14.6. The van der Waals surface area contributed by atoms with Crippen LogP contribution in [0.15, 0.2) is 53.1 Å². The van der Waals surface area contributed by atoms with Gasteiger partial charge in [-0.25, -0.2) is 0 Å². The van der Waals surface area contributed by atoms with Crippen LogP contribution in [-0.2, 0) is 6.54 Å². The minimum atomic E-state index is -4.75. The lowest BCUT2D eigenvalue weighted by molar-refractivity contribution is -0.274. The molecule has 0 spiro atoms. The fourth-order valence-corrected chi connectivity index (χ4v) is 2.77. The molecular weight excluding hydrogens is 361 g/mol. The van der Waals surface area contributed by atoms with Gasteiger partial charge in [0, 0.05) is 17.1 Å². The Morgan fingerprint density at radius 2 is 1.89 bits per heavy atom. The van der Waals surface area contributed by atoms with Crippen LogP contribution in [-0.4, -0.2) is 16.8 Å². The van der Waals surface area contributed by atoms with E-state index in [2.05, 4.69) is 10.1 Å². The highest BCUT2D eigenvalue weighted by Gasteiger charge is 2.31. The Labute approximate surface area is 153 Å². The van der Waals surface area contributed by atoms with Gasteiger partial charge >= 0.3 is 6.36 Å². The Kier molecular flexibility index (Phi) is 4.98. The Bertz CT molecular complexity index is 927. The average molecular weight is 378 g/mol. The van der Waals surface area contributed by atoms with Crippen LogP contribution in [0.25, 0.3) is 0 Å². The number of anilines is 1. The molecule has 0 aliphatic carbocycles. The number of nitrogens with zero attached hydrogens (tertiary/aromatic N) is 1. The minimum absolute atomic E-state index is 0.349. The molecule has 0 fully saturated rings. The van der Waals surface area contributed by atoms with Gasteiger partial charge in [-0.3, -0.25) is 4.79 Å². The molecule has 3 rings (SSSR count). The van der Waals surface area contributed by atoms with Crippen molar-refractivity contribution in [3.63, 3.8) is 0 Å². The van der Waals surface area contributed by atoms with Gasteiger partial charge in [0.05, 0.1) is 18.4 Å². The summed E-state index contributed by atoms with van der Waals surface area (Å²) in [6.07, 6.45) is -3.17. The number of furan rings is 1. The van der Waals surface area contributed by atoms with E-state index in [1.165, 1.54) is 12.1 Å². The quantitative estimate of drug-likeness (QED) is 0.687. The second-order valence-electron chi connectivity index (χ2n) is 5.98. The number of carbonyl (C=O) groups excluding carboxylic acids is 1. The maximum Gasteiger partial charge on any atom is 0.573 e. The first-order valence-corrected chi connectivity index (χ1v) is 8.09. The molecule has 0 radical (unpaired) electrons. The van der Waals surface area contributed by atoms with Crippen molar-refractivity contribution in [3.8, 4) is 5.75 Å². The Hall–Kier alpha value is -3.16. The van der Waals surface area contributed by atoms with Gasteiger partial charge in [0.1, 0.15) is 11.5 Å². The lowest BCUT2D eigenvalue weighted by Gasteiger charge is -2.10. The van der Waals surface area contributed by atoms with Crippen LogP contribution >= 0.6 is 0 Å². The second kappa shape index (κ2) is 7.22. The van der Waals surface area contributed by atoms with Crippen molar-refractivity contribution in [2.45, 2.75) is 26.8 Å². The lowest BCUT2D eigenvalue weighted by Crippen LogP contribution is -2.17. The largest absolute Gasteiger partial charge is 0.573 e. The number of amides is 1. The number of benzene rings is 1. The molecule has 0 aliphatic rings. The standard InChI is InChI=1S/C19H17F3N2O3/c1-12-10-17(13(2)24(12)11-16-4-3-9-26-16)18(25)23-14-5-7-15(8-6-14)27-19(20,21)22/h3-10H,11H2,1-2H3,(H,23,25). The van der Waals surface area contributed by atoms with Crippen molar-refractivity contribution < 1.29 is 27.1 Å². The molecule has 27 heavy (non-hydrogen) atoms. The fourth-order valence-electron chi connectivity index (χ4n) is 2.77. The lowest BCUT2D eigenvalue weighted by atomic mass is 10.2. The molecule has 0 unspecified atom stereocenters. The molecule has 0 saturated carbocycles. The molecule has 1 N–H and O–H groups in total. The van der Waals surface area contributed by atoms with Gasteiger partial charge in [0.15, 0.2) is 0 Å². The van der Waals surface area contributed by atoms with E-state index < -0.39 is 6.36 Å². The van der Waals surface area contributed by atoms with E-state index >= 15 is 0 Å². The summed E-state index contributed by atoms with van der Waals surface area (Å²) in [4.78, 5) is 12.6. The summed E-state index contributed by atoms with van der Waals surface area (Å²) in [6.45, 7) is 4.21. The fraction of sp³-hybridized carbons (Fsp3) is 0.211. The van der Waals surface area contributed by atoms with Gasteiger partial charge in [-0.05, 0) is 56.3 Å². The van der Waals surface area contributed by atoms with Gasteiger partial charge in [0.2, 0.25) is 0 Å². The van der Waals surface area contributed by atoms with Crippen LogP contribution in [0.1, 0.15) is 27.5 Å². The summed E-state index contributed by atoms with van der Waals surface area (Å²) in [5, 5.41) is 2.68. The summed E-state index contributed by atoms with van der Waals surface area (Å²) < 4.78 is 47.7. The molecule has 0 bridgehead atoms. The van der Waals surface area contributed by atoms with Crippen LogP contribution in [0.4, 0.5) is 18.9 Å². The maximum atomic E-state index is 12.6. The summed E-state index contributed by atoms with van der Waals surface area (Å²) in [5.74, 6) is 0.0689. The number of alkyl halides is 3. The van der Waals surface area contributed by atoms with Crippen LogP contribution < -0.4 is 10.1 Å². The van der Waals surface area contributed by atoms with Crippen molar-refractivity contribution in [2.24, 2.45) is 0 Å². The van der Waals surface area contributed by atoms with Crippen LogP contribution in [0.2, 0.25) is 0 Å². The number of halogens is 3. The van der Waals surface area contributed by atoms with Crippen molar-refractivity contribution in [1.82, 2.24) is 4.57 Å². The molecule has 1 aromatic carbocycles. The van der Waals surface area contributed by atoms with Gasteiger partial charge in [-0.15, -0.1) is 13.2 Å². The van der Waals surface area contributed by atoms with Gasteiger partial charge in [0.25, 0.3) is 5.91 Å². The highest BCUT2D eigenvalue weighted by Crippen LogP contribution is 2.25. The predicted octanol–water partition coefficient (Wildman–Crippen LogP) is 4.90. The van der Waals surface area contributed by atoms with Crippen molar-refractivity contribution >= 4 is 11.6 Å². The van der Waals surface area contributed by atoms with Crippen LogP contribution in [0.5, 0.6) is 5.75 Å². The number of nitrogens with one attached hydrogen (secondary N) is 1. The van der Waals surface area contributed by atoms with E-state index in [0.29, 0.717) is 17.8 Å². The second-order valence-corrected chi connectivity index (χ2v) is 5.98. The molecule has 5 nitrogen and oxygen atoms in total. The average Bonchev–Trinajstić information content (AvgIpc) is 3.19. The van der Waals surface area contributed by atoms with Crippen molar-refractivity contribution in [3.05, 3.63) is 71.4 Å². The van der Waals surface area contributed by atoms with Crippen LogP contribution in [0, 0.1) is 13.8 Å². The topological polar surface area (TPSA) is 56.4 Å². The number of aryl methyl sites for hydroxylation is 1. The first-order valence-electron chi connectivity index (χ1n) is 8.09. The summed E-state index contributed by atoms with van der Waals surface area (Å²) in [6, 6.07) is 10.4. The van der Waals surface area contributed by atoms with E-state index in [0.717, 1.165) is 29.3 Å². The number of hydrogen-bond donors (Lipinski definition) is 1. The maximum absolute atomic E-state index is 12.6. The SMILES string of the molecule is Cc1cc(C(=O)Nc2ccc(OC(F)(F)F)cc2)c(C)n1Cc1ccco1. The minimum Gasteiger partial charge on any atom is -0.467 e. The van der Waals surface area contributed by atoms with Crippen molar-refractivity contribution in [2.75, 3.05) is 5.32 Å². The monoisotopic (exact) mass is 378 g/mol. The number of carbonyl (C=O) groups is 1. The summed E-state index contributed by atoms with van der Waals surface area (Å²) in [7, 11) is 0. The van der Waals surface area contributed by atoms with Gasteiger partial charge in [-0.1, -0.05) is 0 Å². The van der Waals surface area contributed by atoms with E-state index in [1.807, 2.05) is 24.5 Å². The molecule has 142 valence electrons. The highest BCUT2D eigenvalue weighted by molar-refractivity contribution is 6.05. The first-order chi connectivity index (χ1) is 12.7. The third-order valence-electron chi connectivity index (χ3n) is 4.06.